The summed E-state index contributed by atoms with van der Waals surface area (Å²) in [6, 6.07) is 21.0. The molecule has 2 nitrogen and oxygen atoms in total. The Bertz CT molecular complexity index is 416. The molecule has 0 radical (unpaired) electrons. The van der Waals surface area contributed by atoms with Crippen molar-refractivity contribution in [1.82, 2.24) is 10.6 Å². The fourth-order valence-electron chi connectivity index (χ4n) is 2.00. The van der Waals surface area contributed by atoms with E-state index in [1.165, 1.54) is 15.6 Å². The number of hydrogen-bond acceptors (Lipinski definition) is 2. The third-order valence-corrected chi connectivity index (χ3v) is 3.05. The lowest BCUT2D eigenvalue weighted by molar-refractivity contribution is 0.595. The molecule has 0 aromatic heterocycles. The molecule has 2 N–H and O–H groups in total. The van der Waals surface area contributed by atoms with Gasteiger partial charge in [-0.2, -0.15) is 0 Å². The Morgan fingerprint density at radius 2 is 1.09 bits per heavy atom. The number of benzene rings is 2. The topological polar surface area (TPSA) is 24.1 Å². The summed E-state index contributed by atoms with van der Waals surface area (Å²) >= 11 is 2.29. The Labute approximate surface area is 148 Å². The summed E-state index contributed by atoms with van der Waals surface area (Å²) in [6.07, 6.45) is 1.15. The molecule has 0 saturated heterocycles. The van der Waals surface area contributed by atoms with Crippen LogP contribution in [-0.2, 0) is 13.1 Å². The minimum absolute atomic E-state index is 0.958. The van der Waals surface area contributed by atoms with Crippen LogP contribution in [0, 0.1) is 0 Å². The molecule has 3 heteroatoms. The molecule has 0 unspecified atom stereocenters. The predicted molar refractivity (Wildman–Crippen MR) is 105 cm³/mol. The first-order chi connectivity index (χ1) is 10.9. The second-order valence-corrected chi connectivity index (χ2v) is 6.47. The van der Waals surface area contributed by atoms with Gasteiger partial charge >= 0.3 is 0 Å². The highest BCUT2D eigenvalue weighted by atomic mass is 127. The van der Waals surface area contributed by atoms with E-state index in [0.717, 1.165) is 32.6 Å². The lowest BCUT2D eigenvalue weighted by Crippen LogP contribution is -2.21. The van der Waals surface area contributed by atoms with Crippen LogP contribution in [0.5, 0.6) is 0 Å². The predicted octanol–water partition coefficient (Wildman–Crippen LogP) is 4.40. The van der Waals surface area contributed by atoms with Crippen LogP contribution in [0.3, 0.4) is 0 Å². The molecule has 0 heterocycles. The van der Waals surface area contributed by atoms with Gasteiger partial charge in [0.15, 0.2) is 0 Å². The molecule has 0 fully saturated rings. The molecule has 2 rings (SSSR count). The highest BCUT2D eigenvalue weighted by Gasteiger charge is 1.92. The zero-order valence-electron chi connectivity index (χ0n) is 13.4. The molecule has 0 aliphatic heterocycles. The Morgan fingerprint density at radius 1 is 0.727 bits per heavy atom. The number of alkyl halides is 1. The maximum Gasteiger partial charge on any atom is 0.0205 e. The molecule has 0 aliphatic rings. The van der Waals surface area contributed by atoms with Crippen LogP contribution in [0.25, 0.3) is 0 Å². The zero-order chi connectivity index (χ0) is 15.9. The van der Waals surface area contributed by atoms with E-state index in [9.17, 15) is 0 Å². The Balaban J connectivity index is 0.000000745. The quantitative estimate of drug-likeness (QED) is 0.383. The van der Waals surface area contributed by atoms with Crippen LogP contribution in [0.4, 0.5) is 0 Å². The van der Waals surface area contributed by atoms with Crippen molar-refractivity contribution in [2.75, 3.05) is 17.5 Å². The van der Waals surface area contributed by atoms with Crippen LogP contribution in [0.1, 0.15) is 24.5 Å². The Hall–Kier alpha value is -0.910. The Morgan fingerprint density at radius 3 is 1.45 bits per heavy atom. The maximum absolute atomic E-state index is 3.46. The average Bonchev–Trinajstić information content (AvgIpc) is 2.57. The molecule has 0 amide bonds. The number of halogens is 1. The SMILES string of the molecule is CCI.c1ccc(CNCCCNCc2ccccc2)cc1. The van der Waals surface area contributed by atoms with Crippen molar-refractivity contribution in [2.45, 2.75) is 26.4 Å². The molecule has 0 spiro atoms. The van der Waals surface area contributed by atoms with Crippen molar-refractivity contribution in [3.63, 3.8) is 0 Å². The van der Waals surface area contributed by atoms with Crippen molar-refractivity contribution >= 4 is 22.6 Å². The zero-order valence-corrected chi connectivity index (χ0v) is 15.6. The molecule has 22 heavy (non-hydrogen) atoms. The average molecular weight is 410 g/mol. The van der Waals surface area contributed by atoms with Gasteiger partial charge in [0.25, 0.3) is 0 Å². The van der Waals surface area contributed by atoms with Gasteiger partial charge in [0.2, 0.25) is 0 Å². The van der Waals surface area contributed by atoms with Crippen LogP contribution in [-0.4, -0.2) is 17.5 Å². The van der Waals surface area contributed by atoms with E-state index < -0.39 is 0 Å². The fourth-order valence-corrected chi connectivity index (χ4v) is 2.00. The minimum Gasteiger partial charge on any atom is -0.313 e. The second kappa shape index (κ2) is 13.7. The van der Waals surface area contributed by atoms with Crippen LogP contribution in [0.15, 0.2) is 60.7 Å². The van der Waals surface area contributed by atoms with Gasteiger partial charge < -0.3 is 10.6 Å². The largest absolute Gasteiger partial charge is 0.313 e. The molecule has 0 aliphatic carbocycles. The van der Waals surface area contributed by atoms with Gasteiger partial charge in [-0.15, -0.1) is 0 Å². The summed E-state index contributed by atoms with van der Waals surface area (Å²) in [4.78, 5) is 0. The third kappa shape index (κ3) is 9.92. The van der Waals surface area contributed by atoms with Crippen molar-refractivity contribution in [1.29, 1.82) is 0 Å². The van der Waals surface area contributed by atoms with Crippen LogP contribution in [0.2, 0.25) is 0 Å². The van der Waals surface area contributed by atoms with Gasteiger partial charge in [-0.3, -0.25) is 0 Å². The number of rotatable bonds is 8. The number of hydrogen-bond donors (Lipinski definition) is 2. The van der Waals surface area contributed by atoms with E-state index in [4.69, 9.17) is 0 Å². The van der Waals surface area contributed by atoms with E-state index in [1.54, 1.807) is 0 Å². The molecule has 0 bridgehead atoms. The van der Waals surface area contributed by atoms with Crippen molar-refractivity contribution < 1.29 is 0 Å². The van der Waals surface area contributed by atoms with E-state index in [1.807, 2.05) is 0 Å². The highest BCUT2D eigenvalue weighted by Crippen LogP contribution is 1.98. The molecule has 120 valence electrons. The van der Waals surface area contributed by atoms with E-state index in [-0.39, 0.29) is 0 Å². The molecular weight excluding hydrogens is 383 g/mol. The van der Waals surface area contributed by atoms with E-state index >= 15 is 0 Å². The van der Waals surface area contributed by atoms with Crippen LogP contribution < -0.4 is 10.6 Å². The van der Waals surface area contributed by atoms with Gasteiger partial charge in [0.05, 0.1) is 0 Å². The van der Waals surface area contributed by atoms with Gasteiger partial charge in [-0.25, -0.2) is 0 Å². The summed E-state index contributed by atoms with van der Waals surface area (Å²) in [5, 5.41) is 6.92. The van der Waals surface area contributed by atoms with E-state index in [2.05, 4.69) is 101 Å². The summed E-state index contributed by atoms with van der Waals surface area (Å²) in [7, 11) is 0. The van der Waals surface area contributed by atoms with Crippen molar-refractivity contribution in [2.24, 2.45) is 0 Å². The summed E-state index contributed by atoms with van der Waals surface area (Å²) in [6.45, 7) is 6.13. The van der Waals surface area contributed by atoms with Gasteiger partial charge in [-0.1, -0.05) is 90.2 Å². The monoisotopic (exact) mass is 410 g/mol. The van der Waals surface area contributed by atoms with Gasteiger partial charge in [0, 0.05) is 13.1 Å². The van der Waals surface area contributed by atoms with Gasteiger partial charge in [-0.05, 0) is 35.1 Å². The smallest absolute Gasteiger partial charge is 0.0205 e. The summed E-state index contributed by atoms with van der Waals surface area (Å²) in [5.41, 5.74) is 2.69. The highest BCUT2D eigenvalue weighted by molar-refractivity contribution is 14.1. The third-order valence-electron chi connectivity index (χ3n) is 3.05. The van der Waals surface area contributed by atoms with Crippen molar-refractivity contribution in [3.8, 4) is 0 Å². The summed E-state index contributed by atoms with van der Waals surface area (Å²) in [5.74, 6) is 0. The second-order valence-electron chi connectivity index (χ2n) is 4.95. The minimum atomic E-state index is 0.958. The van der Waals surface area contributed by atoms with E-state index in [0.29, 0.717) is 0 Å². The lowest BCUT2D eigenvalue weighted by Gasteiger charge is -2.06. The lowest BCUT2D eigenvalue weighted by atomic mass is 10.2. The normalized spacial score (nSPS) is 9.91. The maximum atomic E-state index is 3.46. The fraction of sp³-hybridized carbons (Fsp3) is 0.368. The first kappa shape index (κ1) is 19.1. The Kier molecular flexibility index (Phi) is 11.9. The molecule has 2 aromatic carbocycles. The van der Waals surface area contributed by atoms with Gasteiger partial charge in [0.1, 0.15) is 0 Å². The molecule has 0 atom stereocenters. The number of nitrogens with one attached hydrogen (secondary N) is 2. The molecular formula is C19H27IN2. The first-order valence-corrected chi connectivity index (χ1v) is 9.44. The molecule has 2 aromatic rings. The first-order valence-electron chi connectivity index (χ1n) is 7.92. The standard InChI is InChI=1S/C17H22N2.C2H5I/c1-3-8-16(9-4-1)14-18-12-7-13-19-15-17-10-5-2-6-11-17;1-2-3/h1-6,8-11,18-19H,7,12-15H2;2H2,1H3. The van der Waals surface area contributed by atoms with Crippen molar-refractivity contribution in [3.05, 3.63) is 71.8 Å². The molecule has 0 saturated carbocycles. The van der Waals surface area contributed by atoms with Crippen LogP contribution >= 0.6 is 22.6 Å². The summed E-state index contributed by atoms with van der Waals surface area (Å²) < 4.78 is 1.22.